The molecule has 0 unspecified atom stereocenters. The molecule has 0 aromatic heterocycles. The summed E-state index contributed by atoms with van der Waals surface area (Å²) in [7, 11) is 0. The van der Waals surface area contributed by atoms with E-state index in [-0.39, 0.29) is 11.1 Å². The van der Waals surface area contributed by atoms with Crippen LogP contribution in [-0.2, 0) is 0 Å². The smallest absolute Gasteiger partial charge is 0.177 e. The van der Waals surface area contributed by atoms with Gasteiger partial charge < -0.3 is 0 Å². The molecule has 1 fully saturated rings. The van der Waals surface area contributed by atoms with E-state index in [9.17, 15) is 8.78 Å². The molecule has 2 aromatic rings. The van der Waals surface area contributed by atoms with Gasteiger partial charge in [0.25, 0.3) is 0 Å². The fraction of sp³-hybridized carbons (Fsp3) is 0.500. The van der Waals surface area contributed by atoms with Gasteiger partial charge in [-0.2, -0.15) is 5.26 Å². The quantitative estimate of drug-likeness (QED) is 0.414. The van der Waals surface area contributed by atoms with Gasteiger partial charge in [-0.05, 0) is 60.8 Å². The fourth-order valence-electron chi connectivity index (χ4n) is 4.61. The topological polar surface area (TPSA) is 23.8 Å². The average Bonchev–Trinajstić information content (AvgIpc) is 2.76. The molecule has 1 aliphatic carbocycles. The summed E-state index contributed by atoms with van der Waals surface area (Å²) >= 11 is 0. The van der Waals surface area contributed by atoms with Crippen LogP contribution in [0.15, 0.2) is 36.4 Å². The van der Waals surface area contributed by atoms with E-state index in [1.807, 2.05) is 12.1 Å². The lowest BCUT2D eigenvalue weighted by atomic mass is 9.77. The van der Waals surface area contributed by atoms with Crippen LogP contribution in [0, 0.1) is 28.9 Å². The van der Waals surface area contributed by atoms with Crippen LogP contribution >= 0.6 is 0 Å². The van der Waals surface area contributed by atoms with Gasteiger partial charge in [-0.1, -0.05) is 69.7 Å². The molecule has 0 saturated heterocycles. The maximum absolute atomic E-state index is 14.3. The highest BCUT2D eigenvalue weighted by molar-refractivity contribution is 5.65. The Hall–Kier alpha value is -2.21. The minimum atomic E-state index is -1.07. The molecule has 0 spiro atoms. The highest BCUT2D eigenvalue weighted by Crippen LogP contribution is 2.38. The molecule has 3 heteroatoms. The molecule has 29 heavy (non-hydrogen) atoms. The molecule has 0 heterocycles. The van der Waals surface area contributed by atoms with Gasteiger partial charge >= 0.3 is 0 Å². The Morgan fingerprint density at radius 1 is 0.862 bits per heavy atom. The molecule has 0 bridgehead atoms. The van der Waals surface area contributed by atoms with E-state index in [1.54, 1.807) is 6.07 Å². The predicted octanol–water partition coefficient (Wildman–Crippen LogP) is 8.14. The van der Waals surface area contributed by atoms with Gasteiger partial charge in [0, 0.05) is 5.56 Å². The van der Waals surface area contributed by atoms with E-state index in [1.165, 1.54) is 81.9 Å². The Morgan fingerprint density at radius 3 is 2.21 bits per heavy atom. The van der Waals surface area contributed by atoms with E-state index in [0.29, 0.717) is 11.5 Å². The number of nitriles is 1. The number of hydrogen-bond acceptors (Lipinski definition) is 1. The molecular formula is C26H31F2N. The minimum Gasteiger partial charge on any atom is -0.203 e. The Balaban J connectivity index is 1.55. The first-order chi connectivity index (χ1) is 14.1. The van der Waals surface area contributed by atoms with Gasteiger partial charge in [0.15, 0.2) is 11.6 Å². The minimum absolute atomic E-state index is 0.208. The first-order valence-corrected chi connectivity index (χ1v) is 11.1. The third-order valence-corrected chi connectivity index (χ3v) is 6.46. The van der Waals surface area contributed by atoms with Crippen molar-refractivity contribution in [2.45, 2.75) is 77.0 Å². The average molecular weight is 396 g/mol. The molecular weight excluding hydrogens is 364 g/mol. The monoisotopic (exact) mass is 395 g/mol. The molecule has 2 aromatic carbocycles. The first-order valence-electron chi connectivity index (χ1n) is 11.1. The van der Waals surface area contributed by atoms with Crippen molar-refractivity contribution < 1.29 is 8.78 Å². The molecule has 1 aliphatic rings. The summed E-state index contributed by atoms with van der Waals surface area (Å²) in [6.07, 6.45) is 13.2. The second-order valence-electron chi connectivity index (χ2n) is 8.44. The largest absolute Gasteiger partial charge is 0.203 e. The van der Waals surface area contributed by atoms with Crippen molar-refractivity contribution >= 4 is 0 Å². The summed E-state index contributed by atoms with van der Waals surface area (Å²) in [5, 5.41) is 8.83. The number of nitrogens with zero attached hydrogens (tertiary/aromatic N) is 1. The van der Waals surface area contributed by atoms with Gasteiger partial charge in [-0.25, -0.2) is 8.78 Å². The summed E-state index contributed by atoms with van der Waals surface area (Å²) < 4.78 is 28.2. The van der Waals surface area contributed by atoms with Crippen LogP contribution < -0.4 is 0 Å². The van der Waals surface area contributed by atoms with E-state index < -0.39 is 11.6 Å². The van der Waals surface area contributed by atoms with Gasteiger partial charge in [0.2, 0.25) is 0 Å². The van der Waals surface area contributed by atoms with Crippen LogP contribution in [-0.4, -0.2) is 0 Å². The molecule has 1 saturated carbocycles. The predicted molar refractivity (Wildman–Crippen MR) is 115 cm³/mol. The van der Waals surface area contributed by atoms with Gasteiger partial charge in [0.05, 0.1) is 5.56 Å². The van der Waals surface area contributed by atoms with Gasteiger partial charge in [-0.3, -0.25) is 0 Å². The third-order valence-electron chi connectivity index (χ3n) is 6.46. The molecule has 1 nitrogen and oxygen atoms in total. The number of halogens is 2. The highest BCUT2D eigenvalue weighted by atomic mass is 19.2. The van der Waals surface area contributed by atoms with Gasteiger partial charge in [0.1, 0.15) is 6.07 Å². The van der Waals surface area contributed by atoms with Crippen molar-refractivity contribution in [1.82, 2.24) is 0 Å². The number of benzene rings is 2. The summed E-state index contributed by atoms with van der Waals surface area (Å²) in [6.45, 7) is 2.26. The van der Waals surface area contributed by atoms with Crippen LogP contribution in [0.3, 0.4) is 0 Å². The zero-order valence-electron chi connectivity index (χ0n) is 17.4. The standard InChI is InChI=1S/C26H31F2N/c1-2-3-4-5-6-7-19-8-10-20(11-9-19)21-12-14-22(15-13-21)24-17-16-23(18-29)25(27)26(24)28/h12-17,19-20H,2-11H2,1H3/t19-,20-. The van der Waals surface area contributed by atoms with Crippen molar-refractivity contribution in [3.05, 3.63) is 59.2 Å². The summed E-state index contributed by atoms with van der Waals surface area (Å²) in [5.41, 5.74) is 1.89. The molecule has 154 valence electrons. The summed E-state index contributed by atoms with van der Waals surface area (Å²) in [5.74, 6) is -0.566. The second-order valence-corrected chi connectivity index (χ2v) is 8.44. The van der Waals surface area contributed by atoms with Crippen molar-refractivity contribution in [3.8, 4) is 17.2 Å². The Kier molecular flexibility index (Phi) is 7.81. The van der Waals surface area contributed by atoms with Crippen molar-refractivity contribution in [1.29, 1.82) is 5.26 Å². The third kappa shape index (κ3) is 5.44. The van der Waals surface area contributed by atoms with Crippen LogP contribution in [0.2, 0.25) is 0 Å². The van der Waals surface area contributed by atoms with Crippen LogP contribution in [0.1, 0.15) is 88.2 Å². The molecule has 3 rings (SSSR count). The van der Waals surface area contributed by atoms with Crippen LogP contribution in [0.5, 0.6) is 0 Å². The number of hydrogen-bond donors (Lipinski definition) is 0. The molecule has 0 amide bonds. The molecule has 0 atom stereocenters. The summed E-state index contributed by atoms with van der Waals surface area (Å²) in [4.78, 5) is 0. The lowest BCUT2D eigenvalue weighted by Crippen LogP contribution is -2.13. The number of rotatable bonds is 8. The Labute approximate surface area is 173 Å². The zero-order valence-corrected chi connectivity index (χ0v) is 17.4. The Morgan fingerprint density at radius 2 is 1.55 bits per heavy atom. The maximum Gasteiger partial charge on any atom is 0.177 e. The fourth-order valence-corrected chi connectivity index (χ4v) is 4.61. The SMILES string of the molecule is CCCCCCC[C@H]1CC[C@H](c2ccc(-c3ccc(C#N)c(F)c3F)cc2)CC1. The second kappa shape index (κ2) is 10.5. The van der Waals surface area contributed by atoms with E-state index in [2.05, 4.69) is 19.1 Å². The lowest BCUT2D eigenvalue weighted by Gasteiger charge is -2.29. The molecule has 0 aliphatic heterocycles. The van der Waals surface area contributed by atoms with Crippen molar-refractivity contribution in [2.24, 2.45) is 5.92 Å². The van der Waals surface area contributed by atoms with E-state index >= 15 is 0 Å². The lowest BCUT2D eigenvalue weighted by molar-refractivity contribution is 0.302. The Bertz CT molecular complexity index is 827. The van der Waals surface area contributed by atoms with Gasteiger partial charge in [-0.15, -0.1) is 0 Å². The maximum atomic E-state index is 14.3. The summed E-state index contributed by atoms with van der Waals surface area (Å²) in [6, 6.07) is 12.4. The van der Waals surface area contributed by atoms with Crippen molar-refractivity contribution in [3.63, 3.8) is 0 Å². The van der Waals surface area contributed by atoms with E-state index in [0.717, 1.165) is 5.92 Å². The normalized spacial score (nSPS) is 19.1. The zero-order chi connectivity index (χ0) is 20.6. The van der Waals surface area contributed by atoms with E-state index in [4.69, 9.17) is 5.26 Å². The highest BCUT2D eigenvalue weighted by Gasteiger charge is 2.22. The molecule has 0 N–H and O–H groups in total. The van der Waals surface area contributed by atoms with Crippen molar-refractivity contribution in [2.75, 3.05) is 0 Å². The molecule has 0 radical (unpaired) electrons. The van der Waals surface area contributed by atoms with Crippen LogP contribution in [0.4, 0.5) is 8.78 Å². The number of unbranched alkanes of at least 4 members (excludes halogenated alkanes) is 4. The van der Waals surface area contributed by atoms with Crippen LogP contribution in [0.25, 0.3) is 11.1 Å². The first kappa shape index (κ1) is 21.5.